The number of nitrogens with one attached hydrogen (secondary N) is 1. The average Bonchev–Trinajstić information content (AvgIpc) is 2.70. The SMILES string of the molecule is CO[C@@H](CN1C(=O)c2ccccc2C1O)NC(=O)OC(C)(C)C. The molecule has 1 heterocycles. The van der Waals surface area contributed by atoms with Crippen molar-refractivity contribution in [3.8, 4) is 0 Å². The number of hydrogen-bond acceptors (Lipinski definition) is 5. The fraction of sp³-hybridized carbons (Fsp3) is 0.500. The number of ether oxygens (including phenoxy) is 2. The maximum Gasteiger partial charge on any atom is 0.409 e. The van der Waals surface area contributed by atoms with Gasteiger partial charge in [-0.25, -0.2) is 4.79 Å². The Morgan fingerprint density at radius 2 is 2.04 bits per heavy atom. The summed E-state index contributed by atoms with van der Waals surface area (Å²) in [5.41, 5.74) is 0.360. The Morgan fingerprint density at radius 1 is 1.39 bits per heavy atom. The van der Waals surface area contributed by atoms with E-state index in [0.717, 1.165) is 0 Å². The van der Waals surface area contributed by atoms with Gasteiger partial charge < -0.3 is 19.5 Å². The first-order valence-electron chi connectivity index (χ1n) is 7.33. The van der Waals surface area contributed by atoms with Crippen LogP contribution in [0.2, 0.25) is 0 Å². The topological polar surface area (TPSA) is 88.1 Å². The van der Waals surface area contributed by atoms with E-state index in [1.165, 1.54) is 12.0 Å². The summed E-state index contributed by atoms with van der Waals surface area (Å²) in [6.45, 7) is 5.25. The van der Waals surface area contributed by atoms with E-state index in [-0.39, 0.29) is 12.5 Å². The van der Waals surface area contributed by atoms with Gasteiger partial charge >= 0.3 is 6.09 Å². The molecule has 23 heavy (non-hydrogen) atoms. The van der Waals surface area contributed by atoms with Crippen molar-refractivity contribution >= 4 is 12.0 Å². The third-order valence-electron chi connectivity index (χ3n) is 3.35. The molecule has 0 saturated heterocycles. The number of carbonyl (C=O) groups is 2. The molecule has 2 N–H and O–H groups in total. The van der Waals surface area contributed by atoms with Crippen LogP contribution in [0.25, 0.3) is 0 Å². The summed E-state index contributed by atoms with van der Waals surface area (Å²) >= 11 is 0. The Bertz CT molecular complexity index is 596. The van der Waals surface area contributed by atoms with Crippen LogP contribution in [0.3, 0.4) is 0 Å². The van der Waals surface area contributed by atoms with Gasteiger partial charge in [0, 0.05) is 18.2 Å². The molecule has 1 aromatic rings. The van der Waals surface area contributed by atoms with Crippen LogP contribution in [0, 0.1) is 0 Å². The molecule has 126 valence electrons. The van der Waals surface area contributed by atoms with Gasteiger partial charge in [-0.05, 0) is 26.8 Å². The fourth-order valence-electron chi connectivity index (χ4n) is 2.33. The van der Waals surface area contributed by atoms with Crippen LogP contribution in [-0.4, -0.2) is 47.5 Å². The third kappa shape index (κ3) is 4.00. The van der Waals surface area contributed by atoms with Crippen LogP contribution in [-0.2, 0) is 9.47 Å². The quantitative estimate of drug-likeness (QED) is 0.823. The number of alkyl carbamates (subject to hydrolysis) is 1. The molecule has 0 bridgehead atoms. The minimum atomic E-state index is -1.06. The number of nitrogens with zero attached hydrogens (tertiary/aromatic N) is 1. The monoisotopic (exact) mass is 322 g/mol. The average molecular weight is 322 g/mol. The Hall–Kier alpha value is -2.12. The van der Waals surface area contributed by atoms with Crippen LogP contribution < -0.4 is 5.32 Å². The number of methoxy groups -OCH3 is 1. The van der Waals surface area contributed by atoms with Gasteiger partial charge in [-0.2, -0.15) is 0 Å². The number of rotatable bonds is 4. The molecule has 2 rings (SSSR count). The molecule has 1 aliphatic heterocycles. The van der Waals surface area contributed by atoms with Crippen molar-refractivity contribution in [2.75, 3.05) is 13.7 Å². The second-order valence-electron chi connectivity index (χ2n) is 6.29. The van der Waals surface area contributed by atoms with Gasteiger partial charge in [0.2, 0.25) is 0 Å². The predicted octanol–water partition coefficient (Wildman–Crippen LogP) is 1.63. The molecular weight excluding hydrogens is 300 g/mol. The molecule has 2 amide bonds. The van der Waals surface area contributed by atoms with E-state index in [4.69, 9.17) is 9.47 Å². The molecule has 0 fully saturated rings. The molecule has 2 atom stereocenters. The first kappa shape index (κ1) is 17.2. The minimum Gasteiger partial charge on any atom is -0.444 e. The van der Waals surface area contributed by atoms with E-state index in [2.05, 4.69) is 5.32 Å². The molecule has 1 aromatic carbocycles. The molecule has 0 saturated carbocycles. The standard InChI is InChI=1S/C16H22N2O5/c1-16(2,3)23-15(21)17-12(22-4)9-18-13(19)10-7-5-6-8-11(10)14(18)20/h5-8,12-13,19H,9H2,1-4H3,(H,17,21)/t12-,13?/m0/s1. The van der Waals surface area contributed by atoms with Gasteiger partial charge in [0.15, 0.2) is 6.23 Å². The Kier molecular flexibility index (Phi) is 4.91. The van der Waals surface area contributed by atoms with E-state index >= 15 is 0 Å². The summed E-state index contributed by atoms with van der Waals surface area (Å²) in [5, 5.41) is 12.8. The first-order chi connectivity index (χ1) is 10.7. The van der Waals surface area contributed by atoms with Crippen molar-refractivity contribution in [2.45, 2.75) is 38.8 Å². The maximum atomic E-state index is 12.3. The second-order valence-corrected chi connectivity index (χ2v) is 6.29. The van der Waals surface area contributed by atoms with Crippen molar-refractivity contribution in [3.05, 3.63) is 35.4 Å². The van der Waals surface area contributed by atoms with E-state index in [9.17, 15) is 14.7 Å². The largest absolute Gasteiger partial charge is 0.444 e. The highest BCUT2D eigenvalue weighted by molar-refractivity contribution is 5.98. The Labute approximate surface area is 135 Å². The molecule has 0 radical (unpaired) electrons. The number of amides is 2. The van der Waals surface area contributed by atoms with Crippen LogP contribution in [0.15, 0.2) is 24.3 Å². The summed E-state index contributed by atoms with van der Waals surface area (Å²) in [7, 11) is 1.40. The number of aliphatic hydroxyl groups excluding tert-OH is 1. The summed E-state index contributed by atoms with van der Waals surface area (Å²) in [6.07, 6.45) is -2.50. The van der Waals surface area contributed by atoms with Gasteiger partial charge in [0.05, 0.1) is 6.54 Å². The summed E-state index contributed by atoms with van der Waals surface area (Å²) in [4.78, 5) is 25.4. The van der Waals surface area contributed by atoms with Crippen LogP contribution in [0.4, 0.5) is 4.79 Å². The predicted molar refractivity (Wildman–Crippen MR) is 82.6 cm³/mol. The number of fused-ring (bicyclic) bond motifs is 1. The van der Waals surface area contributed by atoms with Crippen LogP contribution in [0.5, 0.6) is 0 Å². The van der Waals surface area contributed by atoms with Gasteiger partial charge in [-0.1, -0.05) is 18.2 Å². The third-order valence-corrected chi connectivity index (χ3v) is 3.35. The number of aliphatic hydroxyl groups is 1. The zero-order chi connectivity index (χ0) is 17.2. The van der Waals surface area contributed by atoms with E-state index in [1.54, 1.807) is 45.0 Å². The molecule has 0 aliphatic carbocycles. The lowest BCUT2D eigenvalue weighted by molar-refractivity contribution is -0.0260. The molecule has 7 nitrogen and oxygen atoms in total. The van der Waals surface area contributed by atoms with Crippen molar-refractivity contribution in [1.29, 1.82) is 0 Å². The van der Waals surface area contributed by atoms with Gasteiger partial charge in [0.25, 0.3) is 5.91 Å². The van der Waals surface area contributed by atoms with Crippen molar-refractivity contribution < 1.29 is 24.2 Å². The summed E-state index contributed by atoms with van der Waals surface area (Å²) in [6, 6.07) is 6.84. The maximum absolute atomic E-state index is 12.3. The first-order valence-corrected chi connectivity index (χ1v) is 7.33. The zero-order valence-corrected chi connectivity index (χ0v) is 13.7. The molecule has 0 aromatic heterocycles. The molecule has 1 aliphatic rings. The van der Waals surface area contributed by atoms with Crippen molar-refractivity contribution in [3.63, 3.8) is 0 Å². The highest BCUT2D eigenvalue weighted by Crippen LogP contribution is 2.31. The number of carbonyl (C=O) groups excluding carboxylic acids is 2. The zero-order valence-electron chi connectivity index (χ0n) is 13.7. The molecule has 7 heteroatoms. The summed E-state index contributed by atoms with van der Waals surface area (Å²) < 4.78 is 10.3. The van der Waals surface area contributed by atoms with E-state index < -0.39 is 24.2 Å². The van der Waals surface area contributed by atoms with Crippen molar-refractivity contribution in [2.24, 2.45) is 0 Å². The second kappa shape index (κ2) is 6.55. The van der Waals surface area contributed by atoms with Crippen LogP contribution in [0.1, 0.15) is 42.9 Å². The molecule has 0 spiro atoms. The van der Waals surface area contributed by atoms with E-state index in [0.29, 0.717) is 11.1 Å². The van der Waals surface area contributed by atoms with Gasteiger partial charge in [-0.15, -0.1) is 0 Å². The molecular formula is C16H22N2O5. The van der Waals surface area contributed by atoms with Crippen LogP contribution >= 0.6 is 0 Å². The lowest BCUT2D eigenvalue weighted by Crippen LogP contribution is -2.47. The van der Waals surface area contributed by atoms with Gasteiger partial charge in [-0.3, -0.25) is 10.1 Å². The smallest absolute Gasteiger partial charge is 0.409 e. The highest BCUT2D eigenvalue weighted by Gasteiger charge is 2.36. The van der Waals surface area contributed by atoms with E-state index in [1.807, 2.05) is 0 Å². The van der Waals surface area contributed by atoms with Crippen molar-refractivity contribution in [1.82, 2.24) is 10.2 Å². The number of benzene rings is 1. The van der Waals surface area contributed by atoms with Gasteiger partial charge in [0.1, 0.15) is 11.8 Å². The Morgan fingerprint density at radius 3 is 2.61 bits per heavy atom. The minimum absolute atomic E-state index is 0.00439. The fourth-order valence-corrected chi connectivity index (χ4v) is 2.33. The normalized spacial score (nSPS) is 18.6. The lowest BCUT2D eigenvalue weighted by Gasteiger charge is -2.27. The summed E-state index contributed by atoms with van der Waals surface area (Å²) in [5.74, 6) is -0.305. The molecule has 1 unspecified atom stereocenters. The highest BCUT2D eigenvalue weighted by atomic mass is 16.6. The number of hydrogen-bond donors (Lipinski definition) is 2. The Balaban J connectivity index is 2.03. The lowest BCUT2D eigenvalue weighted by atomic mass is 10.1.